The molecule has 0 saturated carbocycles. The predicted octanol–water partition coefficient (Wildman–Crippen LogP) is 2.66. The fourth-order valence-corrected chi connectivity index (χ4v) is 2.53. The van der Waals surface area contributed by atoms with Crippen molar-refractivity contribution >= 4 is 11.7 Å². The monoisotopic (exact) mass is 368 g/mol. The van der Waals surface area contributed by atoms with Crippen molar-refractivity contribution in [2.75, 3.05) is 14.2 Å². The zero-order valence-electron chi connectivity index (χ0n) is 14.8. The van der Waals surface area contributed by atoms with Gasteiger partial charge in [0.2, 0.25) is 0 Å². The molecular weight excluding hydrogens is 351 g/mol. The van der Waals surface area contributed by atoms with Gasteiger partial charge in [-0.25, -0.2) is 13.9 Å². The number of nitrogens with zero attached hydrogens (tertiary/aromatic N) is 4. The van der Waals surface area contributed by atoms with E-state index in [-0.39, 0.29) is 11.5 Å². The van der Waals surface area contributed by atoms with Gasteiger partial charge in [-0.05, 0) is 35.9 Å². The number of oxime groups is 1. The minimum atomic E-state index is -0.589. The van der Waals surface area contributed by atoms with Gasteiger partial charge >= 0.3 is 5.97 Å². The minimum absolute atomic E-state index is 0.0763. The number of carbonyl (C=O) groups excluding carboxylic acids is 1. The Morgan fingerprint density at radius 2 is 1.96 bits per heavy atom. The van der Waals surface area contributed by atoms with Crippen LogP contribution in [0.3, 0.4) is 0 Å². The van der Waals surface area contributed by atoms with Crippen molar-refractivity contribution in [2.45, 2.75) is 6.54 Å². The Bertz CT molecular complexity index is 967. The molecule has 1 aromatic heterocycles. The lowest BCUT2D eigenvalue weighted by Crippen LogP contribution is -2.18. The van der Waals surface area contributed by atoms with Crippen molar-refractivity contribution in [3.05, 3.63) is 71.7 Å². The van der Waals surface area contributed by atoms with E-state index in [9.17, 15) is 9.18 Å². The predicted molar refractivity (Wildman–Crippen MR) is 96.5 cm³/mol. The summed E-state index contributed by atoms with van der Waals surface area (Å²) in [5.74, 6) is -0.893. The van der Waals surface area contributed by atoms with E-state index in [1.165, 1.54) is 26.4 Å². The standard InChI is InChI=1S/C19H17FN4O3/c1-26-19(25)18(22-27-2)15-5-3-4-13(10-15)11-24-12-17(21-23-24)14-6-8-16(20)9-7-14/h3-10,12H,11H2,1-2H3/b22-18+. The van der Waals surface area contributed by atoms with Crippen LogP contribution in [-0.2, 0) is 20.9 Å². The average molecular weight is 368 g/mol. The number of rotatable bonds is 6. The van der Waals surface area contributed by atoms with Gasteiger partial charge in [0.05, 0.1) is 19.9 Å². The Morgan fingerprint density at radius 1 is 1.19 bits per heavy atom. The van der Waals surface area contributed by atoms with Gasteiger partial charge in [0.15, 0.2) is 5.71 Å². The van der Waals surface area contributed by atoms with Crippen LogP contribution in [-0.4, -0.2) is 40.9 Å². The van der Waals surface area contributed by atoms with E-state index < -0.39 is 5.97 Å². The molecule has 3 rings (SSSR count). The highest BCUT2D eigenvalue weighted by Crippen LogP contribution is 2.17. The molecule has 0 fully saturated rings. The number of carbonyl (C=O) groups is 1. The quantitative estimate of drug-likeness (QED) is 0.380. The van der Waals surface area contributed by atoms with Crippen molar-refractivity contribution < 1.29 is 18.8 Å². The molecule has 7 nitrogen and oxygen atoms in total. The molecule has 0 saturated heterocycles. The van der Waals surface area contributed by atoms with E-state index in [1.807, 2.05) is 6.07 Å². The molecular formula is C19H17FN4O3. The molecule has 0 radical (unpaired) electrons. The molecule has 0 N–H and O–H groups in total. The Kier molecular flexibility index (Phi) is 5.55. The van der Waals surface area contributed by atoms with Gasteiger partial charge in [0, 0.05) is 11.1 Å². The second kappa shape index (κ2) is 8.22. The SMILES string of the molecule is CO/N=C(/C(=O)OC)c1cccc(Cn2cc(-c3ccc(F)cc3)nn2)c1. The van der Waals surface area contributed by atoms with E-state index in [2.05, 4.69) is 15.5 Å². The smallest absolute Gasteiger partial charge is 0.360 e. The zero-order valence-corrected chi connectivity index (χ0v) is 14.8. The maximum atomic E-state index is 13.0. The molecule has 0 unspecified atom stereocenters. The van der Waals surface area contributed by atoms with E-state index in [0.717, 1.165) is 11.1 Å². The number of halogens is 1. The first-order valence-electron chi connectivity index (χ1n) is 8.05. The van der Waals surface area contributed by atoms with Crippen molar-refractivity contribution in [3.8, 4) is 11.3 Å². The molecule has 1 heterocycles. The second-order valence-electron chi connectivity index (χ2n) is 5.62. The van der Waals surface area contributed by atoms with Crippen LogP contribution in [0.25, 0.3) is 11.3 Å². The van der Waals surface area contributed by atoms with Crippen LogP contribution in [0.2, 0.25) is 0 Å². The summed E-state index contributed by atoms with van der Waals surface area (Å²) in [6.45, 7) is 0.434. The van der Waals surface area contributed by atoms with Crippen molar-refractivity contribution in [2.24, 2.45) is 5.16 Å². The molecule has 138 valence electrons. The van der Waals surface area contributed by atoms with E-state index in [0.29, 0.717) is 17.8 Å². The van der Waals surface area contributed by atoms with Crippen molar-refractivity contribution in [3.63, 3.8) is 0 Å². The molecule has 27 heavy (non-hydrogen) atoms. The zero-order chi connectivity index (χ0) is 19.2. The molecule has 0 aliphatic rings. The van der Waals surface area contributed by atoms with Crippen molar-refractivity contribution in [1.82, 2.24) is 15.0 Å². The third-order valence-electron chi connectivity index (χ3n) is 3.78. The third-order valence-corrected chi connectivity index (χ3v) is 3.78. The van der Waals surface area contributed by atoms with Gasteiger partial charge in [0.25, 0.3) is 0 Å². The van der Waals surface area contributed by atoms with E-state index in [1.54, 1.807) is 41.2 Å². The van der Waals surface area contributed by atoms with Gasteiger partial charge in [0.1, 0.15) is 18.6 Å². The molecule has 0 aliphatic heterocycles. The summed E-state index contributed by atoms with van der Waals surface area (Å²) < 4.78 is 19.4. The largest absolute Gasteiger partial charge is 0.464 e. The normalized spacial score (nSPS) is 11.3. The van der Waals surface area contributed by atoms with Gasteiger partial charge in [-0.1, -0.05) is 28.6 Å². The molecule has 0 atom stereocenters. The number of methoxy groups -OCH3 is 1. The highest BCUT2D eigenvalue weighted by Gasteiger charge is 2.16. The molecule has 8 heteroatoms. The fourth-order valence-electron chi connectivity index (χ4n) is 2.53. The summed E-state index contributed by atoms with van der Waals surface area (Å²) in [4.78, 5) is 16.6. The Hall–Kier alpha value is -3.55. The maximum absolute atomic E-state index is 13.0. The second-order valence-corrected chi connectivity index (χ2v) is 5.62. The summed E-state index contributed by atoms with van der Waals surface area (Å²) in [5.41, 5.74) is 2.95. The first kappa shape index (κ1) is 18.2. The number of hydrogen-bond acceptors (Lipinski definition) is 6. The van der Waals surface area contributed by atoms with Gasteiger partial charge in [-0.2, -0.15) is 0 Å². The Morgan fingerprint density at radius 3 is 2.67 bits per heavy atom. The lowest BCUT2D eigenvalue weighted by Gasteiger charge is -2.06. The number of ether oxygens (including phenoxy) is 1. The molecule has 0 aliphatic carbocycles. The van der Waals surface area contributed by atoms with Crippen molar-refractivity contribution in [1.29, 1.82) is 0 Å². The molecule has 3 aromatic rings. The van der Waals surface area contributed by atoms with Crippen LogP contribution in [0.15, 0.2) is 59.9 Å². The highest BCUT2D eigenvalue weighted by atomic mass is 19.1. The first-order chi connectivity index (χ1) is 13.1. The summed E-state index contributed by atoms with van der Waals surface area (Å²) >= 11 is 0. The molecule has 0 amide bonds. The number of aromatic nitrogens is 3. The summed E-state index contributed by atoms with van der Waals surface area (Å²) in [6, 6.07) is 13.3. The first-order valence-corrected chi connectivity index (χ1v) is 8.05. The Labute approximate surface area is 155 Å². The van der Waals surface area contributed by atoms with Crippen LogP contribution < -0.4 is 0 Å². The minimum Gasteiger partial charge on any atom is -0.464 e. The summed E-state index contributed by atoms with van der Waals surface area (Å²) in [6.07, 6.45) is 1.77. The lowest BCUT2D eigenvalue weighted by molar-refractivity contribution is -0.132. The topological polar surface area (TPSA) is 78.6 Å². The van der Waals surface area contributed by atoms with Crippen LogP contribution in [0.4, 0.5) is 4.39 Å². The lowest BCUT2D eigenvalue weighted by atomic mass is 10.1. The molecule has 0 spiro atoms. The average Bonchev–Trinajstić information content (AvgIpc) is 3.14. The third kappa shape index (κ3) is 4.35. The highest BCUT2D eigenvalue weighted by molar-refractivity contribution is 6.43. The van der Waals surface area contributed by atoms with E-state index >= 15 is 0 Å². The molecule has 0 bridgehead atoms. The summed E-state index contributed by atoms with van der Waals surface area (Å²) in [7, 11) is 2.64. The van der Waals surface area contributed by atoms with Gasteiger partial charge in [-0.15, -0.1) is 5.10 Å². The van der Waals surface area contributed by atoms with Crippen LogP contribution >= 0.6 is 0 Å². The number of hydrogen-bond donors (Lipinski definition) is 0. The summed E-state index contributed by atoms with van der Waals surface area (Å²) in [5, 5.41) is 12.0. The van der Waals surface area contributed by atoms with Crippen LogP contribution in [0.1, 0.15) is 11.1 Å². The van der Waals surface area contributed by atoms with Crippen LogP contribution in [0, 0.1) is 5.82 Å². The maximum Gasteiger partial charge on any atom is 0.360 e. The molecule has 2 aromatic carbocycles. The van der Waals surface area contributed by atoms with Crippen LogP contribution in [0.5, 0.6) is 0 Å². The Balaban J connectivity index is 1.82. The fraction of sp³-hybridized carbons (Fsp3) is 0.158. The number of esters is 1. The van der Waals surface area contributed by atoms with Gasteiger partial charge < -0.3 is 9.57 Å². The van der Waals surface area contributed by atoms with Gasteiger partial charge in [-0.3, -0.25) is 0 Å². The van der Waals surface area contributed by atoms with E-state index in [4.69, 9.17) is 9.57 Å². The number of benzene rings is 2.